The van der Waals surface area contributed by atoms with Crippen molar-refractivity contribution in [3.63, 3.8) is 0 Å². The van der Waals surface area contributed by atoms with Crippen molar-refractivity contribution >= 4 is 44.9 Å². The molecule has 0 spiro atoms. The summed E-state index contributed by atoms with van der Waals surface area (Å²) in [6.07, 6.45) is 0.266. The molecule has 2 unspecified atom stereocenters. The number of carboxylic acids is 1. The van der Waals surface area contributed by atoms with E-state index in [2.05, 4.69) is 0 Å². The lowest BCUT2D eigenvalue weighted by Crippen LogP contribution is -2.41. The second kappa shape index (κ2) is 6.47. The van der Waals surface area contributed by atoms with Gasteiger partial charge in [-0.2, -0.15) is 0 Å². The van der Waals surface area contributed by atoms with Gasteiger partial charge in [0.1, 0.15) is 6.04 Å². The van der Waals surface area contributed by atoms with Crippen LogP contribution in [0.15, 0.2) is 23.6 Å². The summed E-state index contributed by atoms with van der Waals surface area (Å²) in [5.41, 5.74) is 0.877. The molecule has 1 saturated heterocycles. The van der Waals surface area contributed by atoms with Gasteiger partial charge < -0.3 is 14.7 Å². The van der Waals surface area contributed by atoms with E-state index in [-0.39, 0.29) is 18.4 Å². The van der Waals surface area contributed by atoms with E-state index in [9.17, 15) is 14.7 Å². The third-order valence-electron chi connectivity index (χ3n) is 4.16. The number of carboxylic acid groups (broad SMARTS) is 1. The Morgan fingerprint density at radius 3 is 2.96 bits per heavy atom. The first-order chi connectivity index (χ1) is 11.0. The van der Waals surface area contributed by atoms with Crippen LogP contribution in [-0.2, 0) is 20.7 Å². The molecule has 122 valence electrons. The van der Waals surface area contributed by atoms with E-state index in [0.29, 0.717) is 18.0 Å². The predicted octanol–water partition coefficient (Wildman–Crippen LogP) is 2.80. The first-order valence-corrected chi connectivity index (χ1v) is 8.46. The number of methoxy groups -OCH3 is 1. The number of benzene rings is 1. The van der Waals surface area contributed by atoms with E-state index >= 15 is 0 Å². The fourth-order valence-electron chi connectivity index (χ4n) is 2.93. The van der Waals surface area contributed by atoms with E-state index in [1.54, 1.807) is 11.3 Å². The Hall–Kier alpha value is -1.63. The van der Waals surface area contributed by atoms with E-state index < -0.39 is 12.0 Å². The smallest absolute Gasteiger partial charge is 0.326 e. The average molecular weight is 354 g/mol. The van der Waals surface area contributed by atoms with Crippen molar-refractivity contribution in [1.82, 2.24) is 4.90 Å². The molecule has 1 aromatic heterocycles. The summed E-state index contributed by atoms with van der Waals surface area (Å²) in [6.45, 7) is 0.315. The lowest BCUT2D eigenvalue weighted by Gasteiger charge is -2.21. The first-order valence-electron chi connectivity index (χ1n) is 7.20. The molecule has 1 fully saturated rings. The standard InChI is InChI=1S/C16H16ClNO4S/c1-22-11-6-13(16(20)21)18(7-11)15(19)4-9-8-23-14-3-2-10(17)5-12(9)14/h2-3,5,8,11,13H,4,6-7H2,1H3,(H,20,21). The highest BCUT2D eigenvalue weighted by Crippen LogP contribution is 2.30. The number of ether oxygens (including phenoxy) is 1. The second-order valence-electron chi connectivity index (χ2n) is 5.57. The summed E-state index contributed by atoms with van der Waals surface area (Å²) < 4.78 is 6.28. The Kier molecular flexibility index (Phi) is 4.57. The minimum atomic E-state index is -0.990. The summed E-state index contributed by atoms with van der Waals surface area (Å²) in [7, 11) is 1.53. The molecule has 5 nitrogen and oxygen atoms in total. The van der Waals surface area contributed by atoms with E-state index in [1.807, 2.05) is 23.6 Å². The van der Waals surface area contributed by atoms with Gasteiger partial charge in [0.15, 0.2) is 0 Å². The van der Waals surface area contributed by atoms with Crippen molar-refractivity contribution < 1.29 is 19.4 Å². The molecule has 1 N–H and O–H groups in total. The van der Waals surface area contributed by atoms with Gasteiger partial charge in [-0.3, -0.25) is 4.79 Å². The first kappa shape index (κ1) is 16.2. The van der Waals surface area contributed by atoms with Gasteiger partial charge in [0, 0.05) is 29.8 Å². The van der Waals surface area contributed by atoms with Crippen LogP contribution in [0.3, 0.4) is 0 Å². The van der Waals surface area contributed by atoms with Crippen LogP contribution >= 0.6 is 22.9 Å². The molecule has 2 atom stereocenters. The van der Waals surface area contributed by atoms with Crippen LogP contribution in [0.25, 0.3) is 10.1 Å². The number of likely N-dealkylation sites (tertiary alicyclic amines) is 1. The maximum Gasteiger partial charge on any atom is 0.326 e. The number of aliphatic carboxylic acids is 1. The zero-order chi connectivity index (χ0) is 16.6. The number of carbonyl (C=O) groups is 2. The van der Waals surface area contributed by atoms with Crippen molar-refractivity contribution in [3.8, 4) is 0 Å². The Morgan fingerprint density at radius 2 is 2.26 bits per heavy atom. The molecule has 1 aliphatic rings. The van der Waals surface area contributed by atoms with Gasteiger partial charge in [0.2, 0.25) is 5.91 Å². The number of thiophene rings is 1. The van der Waals surface area contributed by atoms with Crippen LogP contribution in [0.4, 0.5) is 0 Å². The van der Waals surface area contributed by atoms with Crippen LogP contribution < -0.4 is 0 Å². The minimum Gasteiger partial charge on any atom is -0.480 e. The van der Waals surface area contributed by atoms with E-state index in [4.69, 9.17) is 16.3 Å². The molecule has 2 aromatic rings. The molecule has 0 bridgehead atoms. The number of fused-ring (bicyclic) bond motifs is 1. The molecular formula is C16H16ClNO4S. The maximum atomic E-state index is 12.6. The maximum absolute atomic E-state index is 12.6. The summed E-state index contributed by atoms with van der Waals surface area (Å²) in [4.78, 5) is 25.4. The lowest BCUT2D eigenvalue weighted by atomic mass is 10.1. The van der Waals surface area contributed by atoms with Crippen LogP contribution in [0.1, 0.15) is 12.0 Å². The molecule has 7 heteroatoms. The summed E-state index contributed by atoms with van der Waals surface area (Å²) in [6, 6.07) is 4.76. The minimum absolute atomic E-state index is 0.167. The molecular weight excluding hydrogens is 338 g/mol. The third kappa shape index (κ3) is 3.20. The van der Waals surface area contributed by atoms with Crippen molar-refractivity contribution in [3.05, 3.63) is 34.2 Å². The van der Waals surface area contributed by atoms with Gasteiger partial charge in [-0.05, 0) is 34.5 Å². The fraction of sp³-hybridized carbons (Fsp3) is 0.375. The van der Waals surface area contributed by atoms with Crippen LogP contribution in [0, 0.1) is 0 Å². The molecule has 1 aliphatic heterocycles. The SMILES string of the molecule is COC1CC(C(=O)O)N(C(=O)Cc2csc3ccc(Cl)cc23)C1. The number of carbonyl (C=O) groups excluding carboxylic acids is 1. The monoisotopic (exact) mass is 353 g/mol. The highest BCUT2D eigenvalue weighted by Gasteiger charge is 2.39. The van der Waals surface area contributed by atoms with Gasteiger partial charge >= 0.3 is 5.97 Å². The summed E-state index contributed by atoms with van der Waals surface area (Å²) >= 11 is 7.58. The number of hydrogen-bond acceptors (Lipinski definition) is 4. The zero-order valence-electron chi connectivity index (χ0n) is 12.5. The third-order valence-corrected chi connectivity index (χ3v) is 5.41. The van der Waals surface area contributed by atoms with Crippen LogP contribution in [-0.4, -0.2) is 47.7 Å². The zero-order valence-corrected chi connectivity index (χ0v) is 14.1. The highest BCUT2D eigenvalue weighted by atomic mass is 35.5. The number of rotatable bonds is 4. The molecule has 0 radical (unpaired) electrons. The summed E-state index contributed by atoms with van der Waals surface area (Å²) in [5.74, 6) is -1.19. The highest BCUT2D eigenvalue weighted by molar-refractivity contribution is 7.17. The molecule has 3 rings (SSSR count). The second-order valence-corrected chi connectivity index (χ2v) is 6.92. The number of halogens is 1. The van der Waals surface area contributed by atoms with Crippen molar-refractivity contribution in [2.75, 3.05) is 13.7 Å². The molecule has 0 aliphatic carbocycles. The fourth-order valence-corrected chi connectivity index (χ4v) is 4.05. The normalized spacial score (nSPS) is 21.0. The van der Waals surface area contributed by atoms with Crippen LogP contribution in [0.5, 0.6) is 0 Å². The van der Waals surface area contributed by atoms with E-state index in [1.165, 1.54) is 12.0 Å². The average Bonchev–Trinajstić information content (AvgIpc) is 3.11. The van der Waals surface area contributed by atoms with Gasteiger partial charge in [-0.15, -0.1) is 11.3 Å². The number of hydrogen-bond donors (Lipinski definition) is 1. The Morgan fingerprint density at radius 1 is 1.48 bits per heavy atom. The Labute approximate surface area is 142 Å². The van der Waals surface area contributed by atoms with Gasteiger partial charge in [-0.1, -0.05) is 11.6 Å². The molecule has 2 heterocycles. The lowest BCUT2D eigenvalue weighted by molar-refractivity contribution is -0.147. The van der Waals surface area contributed by atoms with Crippen molar-refractivity contribution in [1.29, 1.82) is 0 Å². The summed E-state index contributed by atoms with van der Waals surface area (Å²) in [5, 5.41) is 12.8. The number of nitrogens with zero attached hydrogens (tertiary/aromatic N) is 1. The largest absolute Gasteiger partial charge is 0.480 e. The van der Waals surface area contributed by atoms with Crippen molar-refractivity contribution in [2.45, 2.75) is 25.0 Å². The molecule has 1 aromatic carbocycles. The van der Waals surface area contributed by atoms with Gasteiger partial charge in [0.05, 0.1) is 12.5 Å². The quantitative estimate of drug-likeness (QED) is 0.917. The molecule has 1 amide bonds. The Bertz CT molecular complexity index is 760. The van der Waals surface area contributed by atoms with Crippen molar-refractivity contribution in [2.24, 2.45) is 0 Å². The predicted molar refractivity (Wildman–Crippen MR) is 89.1 cm³/mol. The Balaban J connectivity index is 1.82. The molecule has 0 saturated carbocycles. The van der Waals surface area contributed by atoms with Crippen LogP contribution in [0.2, 0.25) is 5.02 Å². The molecule has 23 heavy (non-hydrogen) atoms. The van der Waals surface area contributed by atoms with Gasteiger partial charge in [0.25, 0.3) is 0 Å². The topological polar surface area (TPSA) is 66.8 Å². The van der Waals surface area contributed by atoms with E-state index in [0.717, 1.165) is 15.6 Å². The van der Waals surface area contributed by atoms with Gasteiger partial charge in [-0.25, -0.2) is 4.79 Å². The number of amides is 1.